The number of hydrogen-bond donors (Lipinski definition) is 0. The van der Waals surface area contributed by atoms with Gasteiger partial charge in [0.25, 0.3) is 0 Å². The smallest absolute Gasteiger partial charge is 0.289 e. The molecule has 98 valence electrons. The lowest BCUT2D eigenvalue weighted by molar-refractivity contribution is -0.137. The van der Waals surface area contributed by atoms with Gasteiger partial charge < -0.3 is 0 Å². The SMILES string of the molecule is O=C(c1ccc(F)cc1)c1ccccc1C(F)(F)F. The lowest BCUT2D eigenvalue weighted by Crippen LogP contribution is -2.13. The molecule has 0 saturated heterocycles. The van der Waals surface area contributed by atoms with Crippen molar-refractivity contribution in [2.45, 2.75) is 6.18 Å². The van der Waals surface area contributed by atoms with Gasteiger partial charge in [0, 0.05) is 11.1 Å². The number of hydrogen-bond acceptors (Lipinski definition) is 1. The zero-order chi connectivity index (χ0) is 14.0. The molecule has 0 aliphatic rings. The van der Waals surface area contributed by atoms with Crippen LogP contribution in [0.25, 0.3) is 0 Å². The van der Waals surface area contributed by atoms with Crippen molar-refractivity contribution in [1.82, 2.24) is 0 Å². The lowest BCUT2D eigenvalue weighted by Gasteiger charge is -2.11. The van der Waals surface area contributed by atoms with Crippen molar-refractivity contribution in [2.24, 2.45) is 0 Å². The Morgan fingerprint density at radius 3 is 2.05 bits per heavy atom. The molecule has 0 spiro atoms. The second-order valence-electron chi connectivity index (χ2n) is 3.88. The quantitative estimate of drug-likeness (QED) is 0.592. The van der Waals surface area contributed by atoms with Crippen LogP contribution in [-0.2, 0) is 6.18 Å². The molecule has 0 unspecified atom stereocenters. The minimum absolute atomic E-state index is 0.0121. The second kappa shape index (κ2) is 4.84. The molecular weight excluding hydrogens is 260 g/mol. The van der Waals surface area contributed by atoms with Crippen LogP contribution in [0.1, 0.15) is 21.5 Å². The summed E-state index contributed by atoms with van der Waals surface area (Å²) in [6.45, 7) is 0. The van der Waals surface area contributed by atoms with E-state index in [0.29, 0.717) is 0 Å². The summed E-state index contributed by atoms with van der Waals surface area (Å²) in [5.74, 6) is -1.34. The van der Waals surface area contributed by atoms with Crippen LogP contribution in [-0.4, -0.2) is 5.78 Å². The number of benzene rings is 2. The molecule has 19 heavy (non-hydrogen) atoms. The Hall–Kier alpha value is -2.17. The fourth-order valence-corrected chi connectivity index (χ4v) is 1.69. The highest BCUT2D eigenvalue weighted by molar-refractivity contribution is 6.10. The molecule has 0 heterocycles. The Balaban J connectivity index is 2.48. The monoisotopic (exact) mass is 268 g/mol. The Morgan fingerprint density at radius 1 is 0.895 bits per heavy atom. The van der Waals surface area contributed by atoms with E-state index in [4.69, 9.17) is 0 Å². The summed E-state index contributed by atoms with van der Waals surface area (Å²) in [7, 11) is 0. The van der Waals surface area contributed by atoms with Gasteiger partial charge in [-0.3, -0.25) is 4.79 Å². The normalized spacial score (nSPS) is 11.4. The molecule has 0 aromatic heterocycles. The summed E-state index contributed by atoms with van der Waals surface area (Å²) >= 11 is 0. The lowest BCUT2D eigenvalue weighted by atomic mass is 9.98. The van der Waals surface area contributed by atoms with E-state index in [-0.39, 0.29) is 5.56 Å². The summed E-state index contributed by atoms with van der Waals surface area (Å²) in [4.78, 5) is 12.0. The third-order valence-electron chi connectivity index (χ3n) is 2.58. The van der Waals surface area contributed by atoms with Crippen LogP contribution in [0.15, 0.2) is 48.5 Å². The molecule has 0 radical (unpaired) electrons. The number of carbonyl (C=O) groups is 1. The molecule has 0 aliphatic heterocycles. The van der Waals surface area contributed by atoms with Crippen molar-refractivity contribution < 1.29 is 22.4 Å². The molecular formula is C14H8F4O. The Bertz CT molecular complexity index is 600. The van der Waals surface area contributed by atoms with E-state index in [1.54, 1.807) is 0 Å². The van der Waals surface area contributed by atoms with Crippen LogP contribution >= 0.6 is 0 Å². The summed E-state index contributed by atoms with van der Waals surface area (Å²) < 4.78 is 51.1. The van der Waals surface area contributed by atoms with Gasteiger partial charge in [-0.05, 0) is 30.3 Å². The Kier molecular flexibility index (Phi) is 3.38. The van der Waals surface area contributed by atoms with Crippen LogP contribution in [0.4, 0.5) is 17.6 Å². The average molecular weight is 268 g/mol. The highest BCUT2D eigenvalue weighted by Gasteiger charge is 2.34. The Labute approximate surface area is 106 Å². The molecule has 2 aromatic rings. The summed E-state index contributed by atoms with van der Waals surface area (Å²) in [6, 6.07) is 8.89. The molecule has 0 atom stereocenters. The van der Waals surface area contributed by atoms with Crippen LogP contribution in [0, 0.1) is 5.82 Å². The third kappa shape index (κ3) is 2.81. The molecule has 1 nitrogen and oxygen atoms in total. The third-order valence-corrected chi connectivity index (χ3v) is 2.58. The average Bonchev–Trinajstić information content (AvgIpc) is 2.38. The van der Waals surface area contributed by atoms with Crippen molar-refractivity contribution in [3.05, 3.63) is 71.0 Å². The molecule has 0 aliphatic carbocycles. The number of carbonyl (C=O) groups excluding carboxylic acids is 1. The van der Waals surface area contributed by atoms with E-state index >= 15 is 0 Å². The van der Waals surface area contributed by atoms with Gasteiger partial charge in [0.2, 0.25) is 0 Å². The van der Waals surface area contributed by atoms with E-state index < -0.39 is 28.9 Å². The first-order valence-corrected chi connectivity index (χ1v) is 5.36. The van der Waals surface area contributed by atoms with Gasteiger partial charge in [0.15, 0.2) is 5.78 Å². The first kappa shape index (κ1) is 13.3. The molecule has 0 bridgehead atoms. The van der Waals surface area contributed by atoms with Gasteiger partial charge >= 0.3 is 6.18 Å². The summed E-state index contributed by atoms with van der Waals surface area (Å²) in [5.41, 5.74) is -1.43. The zero-order valence-electron chi connectivity index (χ0n) is 9.54. The maximum atomic E-state index is 12.8. The number of ketones is 1. The minimum atomic E-state index is -4.60. The Morgan fingerprint density at radius 2 is 1.47 bits per heavy atom. The zero-order valence-corrected chi connectivity index (χ0v) is 9.54. The maximum Gasteiger partial charge on any atom is 0.417 e. The first-order chi connectivity index (χ1) is 8.89. The van der Waals surface area contributed by atoms with E-state index in [0.717, 1.165) is 36.4 Å². The standard InChI is InChI=1S/C14H8F4O/c15-10-7-5-9(6-8-10)13(19)11-3-1-2-4-12(11)14(16,17)18/h1-8H. The molecule has 0 amide bonds. The van der Waals surface area contributed by atoms with Crippen molar-refractivity contribution in [3.63, 3.8) is 0 Å². The number of halogens is 4. The van der Waals surface area contributed by atoms with Crippen molar-refractivity contribution >= 4 is 5.78 Å². The van der Waals surface area contributed by atoms with E-state index in [1.807, 2.05) is 0 Å². The van der Waals surface area contributed by atoms with Crippen molar-refractivity contribution in [1.29, 1.82) is 0 Å². The molecule has 5 heteroatoms. The molecule has 2 rings (SSSR count). The van der Waals surface area contributed by atoms with Crippen molar-refractivity contribution in [3.8, 4) is 0 Å². The summed E-state index contributed by atoms with van der Waals surface area (Å²) in [6.07, 6.45) is -4.60. The van der Waals surface area contributed by atoms with Gasteiger partial charge in [-0.25, -0.2) is 4.39 Å². The predicted molar refractivity (Wildman–Crippen MR) is 61.3 cm³/mol. The first-order valence-electron chi connectivity index (χ1n) is 5.36. The van der Waals surface area contributed by atoms with Crippen LogP contribution in [0.2, 0.25) is 0 Å². The van der Waals surface area contributed by atoms with Crippen molar-refractivity contribution in [2.75, 3.05) is 0 Å². The van der Waals surface area contributed by atoms with Gasteiger partial charge in [-0.15, -0.1) is 0 Å². The van der Waals surface area contributed by atoms with Crippen LogP contribution < -0.4 is 0 Å². The fraction of sp³-hybridized carbons (Fsp3) is 0.0714. The van der Waals surface area contributed by atoms with Gasteiger partial charge in [-0.2, -0.15) is 13.2 Å². The fourth-order valence-electron chi connectivity index (χ4n) is 1.69. The van der Waals surface area contributed by atoms with Crippen LogP contribution in [0.5, 0.6) is 0 Å². The van der Waals surface area contributed by atoms with E-state index in [9.17, 15) is 22.4 Å². The number of alkyl halides is 3. The molecule has 0 N–H and O–H groups in total. The molecule has 0 fully saturated rings. The van der Waals surface area contributed by atoms with Gasteiger partial charge in [0.1, 0.15) is 5.82 Å². The van der Waals surface area contributed by atoms with Gasteiger partial charge in [0.05, 0.1) is 5.56 Å². The van der Waals surface area contributed by atoms with E-state index in [2.05, 4.69) is 0 Å². The highest BCUT2D eigenvalue weighted by Crippen LogP contribution is 2.32. The molecule has 0 saturated carbocycles. The molecule has 2 aromatic carbocycles. The predicted octanol–water partition coefficient (Wildman–Crippen LogP) is 4.08. The minimum Gasteiger partial charge on any atom is -0.289 e. The maximum absolute atomic E-state index is 12.8. The largest absolute Gasteiger partial charge is 0.417 e. The topological polar surface area (TPSA) is 17.1 Å². The highest BCUT2D eigenvalue weighted by atomic mass is 19.4. The van der Waals surface area contributed by atoms with Crippen LogP contribution in [0.3, 0.4) is 0 Å². The van der Waals surface area contributed by atoms with Gasteiger partial charge in [-0.1, -0.05) is 18.2 Å². The second-order valence-corrected chi connectivity index (χ2v) is 3.88. The summed E-state index contributed by atoms with van der Waals surface area (Å²) in [5, 5.41) is 0. The number of rotatable bonds is 2. The van der Waals surface area contributed by atoms with E-state index in [1.165, 1.54) is 12.1 Å².